The van der Waals surface area contributed by atoms with Crippen molar-refractivity contribution in [1.82, 2.24) is 0 Å². The van der Waals surface area contributed by atoms with Crippen molar-refractivity contribution in [2.24, 2.45) is 17.8 Å². The largest absolute Gasteiger partial charge is 0.457 e. The van der Waals surface area contributed by atoms with Crippen molar-refractivity contribution in [1.29, 1.82) is 0 Å². The van der Waals surface area contributed by atoms with Crippen LogP contribution >= 0.6 is 0 Å². The summed E-state index contributed by atoms with van der Waals surface area (Å²) in [6, 6.07) is 0. The maximum Gasteiger partial charge on any atom is 0.308 e. The van der Waals surface area contributed by atoms with Crippen LogP contribution in [0.3, 0.4) is 0 Å². The van der Waals surface area contributed by atoms with Crippen molar-refractivity contribution < 1.29 is 38.4 Å². The third kappa shape index (κ3) is 12.1. The first-order chi connectivity index (χ1) is 20.7. The molecule has 10 atom stereocenters. The van der Waals surface area contributed by atoms with E-state index in [1.807, 2.05) is 45.9 Å². The van der Waals surface area contributed by atoms with Gasteiger partial charge in [0.25, 0.3) is 0 Å². The average Bonchev–Trinajstić information content (AvgIpc) is 3.68. The average molecular weight is 651 g/mol. The summed E-state index contributed by atoms with van der Waals surface area (Å²) in [6.45, 7) is 23.8. The fourth-order valence-corrected chi connectivity index (χ4v) is 7.04. The van der Waals surface area contributed by atoms with Crippen LogP contribution in [0.1, 0.15) is 101 Å². The summed E-state index contributed by atoms with van der Waals surface area (Å²) in [6.07, 6.45) is 10.1. The topological polar surface area (TPSA) is 115 Å². The zero-order valence-electron chi connectivity index (χ0n) is 30.0. The summed E-state index contributed by atoms with van der Waals surface area (Å²) in [4.78, 5) is 25.4. The molecule has 1 saturated heterocycles. The molecule has 0 amide bonds. The van der Waals surface area contributed by atoms with Crippen LogP contribution in [-0.2, 0) is 28.2 Å². The lowest BCUT2D eigenvalue weighted by molar-refractivity contribution is -0.157. The third-order valence-corrected chi connectivity index (χ3v) is 14.4. The minimum Gasteiger partial charge on any atom is -0.457 e. The minimum atomic E-state index is -2.24. The van der Waals surface area contributed by atoms with Crippen LogP contribution in [0, 0.1) is 17.8 Å². The van der Waals surface area contributed by atoms with Gasteiger partial charge in [0.15, 0.2) is 8.32 Å². The number of allylic oxidation sites excluding steroid dienone is 3. The standard InChI is InChI=1S/C36H62O8Si/c1-13-29(38)26(5)34-30(42-34)21-23(2)15-14-16-24(3)33-25(4)17-18-31(41-27(6)37)36(10,40)20-19-28(22-32(39)43-33)44-45(11,12)35(7,8)9/h14-18,23,25-26,28-31,33-34,38,40H,13,19-22H2,1-12H3/b15-14+,18-17+,24-16+. The molecule has 0 aromatic heterocycles. The lowest BCUT2D eigenvalue weighted by Gasteiger charge is -2.40. The first kappa shape index (κ1) is 39.4. The number of rotatable bonds is 11. The highest BCUT2D eigenvalue weighted by molar-refractivity contribution is 6.74. The molecule has 2 N–H and O–H groups in total. The highest BCUT2D eigenvalue weighted by Gasteiger charge is 2.45. The molecule has 258 valence electrons. The van der Waals surface area contributed by atoms with E-state index < -0.39 is 38.2 Å². The van der Waals surface area contributed by atoms with Gasteiger partial charge in [-0.3, -0.25) is 9.59 Å². The lowest BCUT2D eigenvalue weighted by Crippen LogP contribution is -2.46. The molecule has 0 bridgehead atoms. The Hall–Kier alpha value is -1.78. The summed E-state index contributed by atoms with van der Waals surface area (Å²) in [7, 11) is -2.24. The Bertz CT molecular complexity index is 1070. The van der Waals surface area contributed by atoms with Crippen LogP contribution in [-0.4, -0.2) is 72.7 Å². The fraction of sp³-hybridized carbons (Fsp3) is 0.778. The Kier molecular flexibility index (Phi) is 14.3. The molecule has 10 unspecified atom stereocenters. The van der Waals surface area contributed by atoms with Crippen molar-refractivity contribution in [3.63, 3.8) is 0 Å². The van der Waals surface area contributed by atoms with Crippen LogP contribution in [0.25, 0.3) is 0 Å². The highest BCUT2D eigenvalue weighted by Crippen LogP contribution is 2.39. The number of aliphatic hydroxyl groups is 2. The smallest absolute Gasteiger partial charge is 0.308 e. The summed E-state index contributed by atoms with van der Waals surface area (Å²) < 4.78 is 24.2. The second-order valence-corrected chi connectivity index (χ2v) is 20.0. The van der Waals surface area contributed by atoms with Gasteiger partial charge in [-0.05, 0) is 75.2 Å². The van der Waals surface area contributed by atoms with E-state index in [1.54, 1.807) is 13.0 Å². The monoisotopic (exact) mass is 650 g/mol. The van der Waals surface area contributed by atoms with Gasteiger partial charge in [0.2, 0.25) is 0 Å². The zero-order valence-corrected chi connectivity index (χ0v) is 31.0. The Balaban J connectivity index is 2.28. The van der Waals surface area contributed by atoms with E-state index in [4.69, 9.17) is 18.6 Å². The van der Waals surface area contributed by atoms with Gasteiger partial charge >= 0.3 is 11.9 Å². The second-order valence-electron chi connectivity index (χ2n) is 15.3. The lowest BCUT2D eigenvalue weighted by atomic mass is 9.88. The number of cyclic esters (lactones) is 1. The number of esters is 2. The van der Waals surface area contributed by atoms with Crippen molar-refractivity contribution >= 4 is 20.3 Å². The molecule has 2 aliphatic rings. The molecular weight excluding hydrogens is 588 g/mol. The van der Waals surface area contributed by atoms with E-state index in [0.29, 0.717) is 6.42 Å². The Morgan fingerprint density at radius 1 is 1.22 bits per heavy atom. The molecule has 0 aromatic rings. The Morgan fingerprint density at radius 2 is 1.87 bits per heavy atom. The molecule has 8 nitrogen and oxygen atoms in total. The van der Waals surface area contributed by atoms with Gasteiger partial charge in [-0.1, -0.05) is 72.8 Å². The van der Waals surface area contributed by atoms with E-state index in [-0.39, 0.29) is 59.9 Å². The summed E-state index contributed by atoms with van der Waals surface area (Å²) >= 11 is 0. The van der Waals surface area contributed by atoms with E-state index in [1.165, 1.54) is 6.92 Å². The molecule has 0 aliphatic carbocycles. The maximum absolute atomic E-state index is 13.4. The number of aliphatic hydroxyl groups excluding tert-OH is 1. The number of hydrogen-bond acceptors (Lipinski definition) is 8. The molecule has 2 heterocycles. The Labute approximate surface area is 273 Å². The third-order valence-electron chi connectivity index (χ3n) is 9.88. The van der Waals surface area contributed by atoms with Gasteiger partial charge in [0.05, 0.1) is 30.8 Å². The first-order valence-electron chi connectivity index (χ1n) is 16.8. The van der Waals surface area contributed by atoms with E-state index in [0.717, 1.165) is 18.4 Å². The normalized spacial score (nSPS) is 33.4. The van der Waals surface area contributed by atoms with Gasteiger partial charge in [0.1, 0.15) is 17.8 Å². The van der Waals surface area contributed by atoms with E-state index in [9.17, 15) is 19.8 Å². The SMILES string of the molecule is CCC(O)C(C)C1OC1CC(C)/C=C/C=C(\C)C1OC(=O)CC(O[Si](C)(C)C(C)(C)C)CCC(C)(O)C(OC(C)=O)/C=C/C1C. The molecule has 2 aliphatic heterocycles. The highest BCUT2D eigenvalue weighted by atomic mass is 28.4. The molecule has 0 radical (unpaired) electrons. The predicted molar refractivity (Wildman–Crippen MR) is 181 cm³/mol. The molecular formula is C36H62O8Si. The zero-order chi connectivity index (χ0) is 34.3. The van der Waals surface area contributed by atoms with Crippen molar-refractivity contribution in [2.75, 3.05) is 0 Å². The fourth-order valence-electron chi connectivity index (χ4n) is 5.65. The van der Waals surface area contributed by atoms with Crippen LogP contribution < -0.4 is 0 Å². The maximum atomic E-state index is 13.4. The number of ether oxygens (including phenoxy) is 3. The van der Waals surface area contributed by atoms with Gasteiger partial charge < -0.3 is 28.8 Å². The molecule has 0 spiro atoms. The first-order valence-corrected chi connectivity index (χ1v) is 19.7. The predicted octanol–water partition coefficient (Wildman–Crippen LogP) is 7.05. The molecule has 2 rings (SSSR count). The number of hydrogen-bond donors (Lipinski definition) is 2. The van der Waals surface area contributed by atoms with Crippen LogP contribution in [0.15, 0.2) is 36.0 Å². The van der Waals surface area contributed by atoms with Crippen LogP contribution in [0.2, 0.25) is 18.1 Å². The molecule has 0 aromatic carbocycles. The number of carbonyl (C=O) groups is 2. The number of epoxide rings is 1. The number of carbonyl (C=O) groups excluding carboxylic acids is 2. The molecule has 9 heteroatoms. The second kappa shape index (κ2) is 16.4. The van der Waals surface area contributed by atoms with E-state index >= 15 is 0 Å². The minimum absolute atomic E-state index is 0.0620. The van der Waals surface area contributed by atoms with E-state index in [2.05, 4.69) is 46.9 Å². The van der Waals surface area contributed by atoms with Gasteiger partial charge in [-0.25, -0.2) is 0 Å². The summed E-state index contributed by atoms with van der Waals surface area (Å²) in [5.41, 5.74) is -0.477. The summed E-state index contributed by atoms with van der Waals surface area (Å²) in [5, 5.41) is 21.5. The van der Waals surface area contributed by atoms with Crippen molar-refractivity contribution in [3.05, 3.63) is 36.0 Å². The Morgan fingerprint density at radius 3 is 2.44 bits per heavy atom. The van der Waals surface area contributed by atoms with Crippen molar-refractivity contribution in [2.45, 2.75) is 162 Å². The summed E-state index contributed by atoms with van der Waals surface area (Å²) in [5.74, 6) is -0.677. The van der Waals surface area contributed by atoms with Gasteiger partial charge in [-0.15, -0.1) is 0 Å². The molecule has 45 heavy (non-hydrogen) atoms. The molecule has 1 fully saturated rings. The van der Waals surface area contributed by atoms with Gasteiger partial charge in [-0.2, -0.15) is 0 Å². The quantitative estimate of drug-likeness (QED) is 0.0804. The van der Waals surface area contributed by atoms with Gasteiger partial charge in [0, 0.05) is 18.8 Å². The van der Waals surface area contributed by atoms with Crippen LogP contribution in [0.4, 0.5) is 0 Å². The van der Waals surface area contributed by atoms with Crippen molar-refractivity contribution in [3.8, 4) is 0 Å². The van der Waals surface area contributed by atoms with Crippen LogP contribution in [0.5, 0.6) is 0 Å². The molecule has 0 saturated carbocycles.